The summed E-state index contributed by atoms with van der Waals surface area (Å²) in [5.41, 5.74) is 1.34. The molecule has 1 saturated heterocycles. The van der Waals surface area contributed by atoms with Crippen molar-refractivity contribution >= 4 is 44.6 Å². The summed E-state index contributed by atoms with van der Waals surface area (Å²) in [4.78, 5) is 2.16. The van der Waals surface area contributed by atoms with Crippen LogP contribution in [0.15, 0.2) is 47.4 Å². The summed E-state index contributed by atoms with van der Waals surface area (Å²) in [7, 11) is -3.76. The number of hydrogen-bond acceptors (Lipinski definition) is 4. The maximum Gasteiger partial charge on any atom is 0.262 e. The number of halogens is 2. The number of nitrogens with zero attached hydrogens (tertiary/aromatic N) is 1. The van der Waals surface area contributed by atoms with E-state index in [1.54, 1.807) is 12.1 Å². The third-order valence-electron chi connectivity index (χ3n) is 3.70. The minimum Gasteiger partial charge on any atom is -0.378 e. The predicted molar refractivity (Wildman–Crippen MR) is 96.7 cm³/mol. The molecule has 24 heavy (non-hydrogen) atoms. The molecule has 3 rings (SSSR count). The number of ether oxygens (including phenoxy) is 1. The van der Waals surface area contributed by atoms with E-state index >= 15 is 0 Å². The molecule has 1 aliphatic heterocycles. The molecule has 0 aliphatic carbocycles. The van der Waals surface area contributed by atoms with E-state index < -0.39 is 10.0 Å². The number of hydrogen-bond donors (Lipinski definition) is 1. The second-order valence-corrected chi connectivity index (χ2v) is 7.79. The fourth-order valence-electron chi connectivity index (χ4n) is 2.49. The van der Waals surface area contributed by atoms with Crippen LogP contribution in [0.3, 0.4) is 0 Å². The molecule has 5 nitrogen and oxygen atoms in total. The molecule has 0 aromatic heterocycles. The van der Waals surface area contributed by atoms with Crippen LogP contribution in [0, 0.1) is 0 Å². The maximum absolute atomic E-state index is 12.6. The first-order valence-electron chi connectivity index (χ1n) is 7.37. The van der Waals surface area contributed by atoms with E-state index in [1.807, 2.05) is 12.1 Å². The zero-order chi connectivity index (χ0) is 17.2. The number of benzene rings is 2. The van der Waals surface area contributed by atoms with Crippen molar-refractivity contribution in [1.82, 2.24) is 0 Å². The molecular formula is C16H16Cl2N2O3S. The number of anilines is 2. The van der Waals surface area contributed by atoms with Crippen LogP contribution in [0.4, 0.5) is 11.4 Å². The second kappa shape index (κ2) is 7.19. The molecule has 1 heterocycles. The van der Waals surface area contributed by atoms with E-state index in [1.165, 1.54) is 18.2 Å². The van der Waals surface area contributed by atoms with Gasteiger partial charge in [0.25, 0.3) is 10.0 Å². The quantitative estimate of drug-likeness (QED) is 0.871. The number of para-hydroxylation sites is 2. The van der Waals surface area contributed by atoms with Crippen LogP contribution < -0.4 is 9.62 Å². The van der Waals surface area contributed by atoms with Crippen molar-refractivity contribution in [3.8, 4) is 0 Å². The Morgan fingerprint density at radius 3 is 2.42 bits per heavy atom. The van der Waals surface area contributed by atoms with E-state index in [4.69, 9.17) is 27.9 Å². The molecule has 0 amide bonds. The van der Waals surface area contributed by atoms with E-state index in [0.29, 0.717) is 37.0 Å². The van der Waals surface area contributed by atoms with Gasteiger partial charge in [-0.15, -0.1) is 0 Å². The fourth-order valence-corrected chi connectivity index (χ4v) is 3.95. The van der Waals surface area contributed by atoms with Gasteiger partial charge < -0.3 is 9.64 Å². The Kier molecular flexibility index (Phi) is 5.20. The molecule has 128 valence electrons. The Labute approximate surface area is 151 Å². The summed E-state index contributed by atoms with van der Waals surface area (Å²) < 4.78 is 33.3. The van der Waals surface area contributed by atoms with Gasteiger partial charge >= 0.3 is 0 Å². The summed E-state index contributed by atoms with van der Waals surface area (Å²) in [5, 5.41) is 0.505. The summed E-state index contributed by atoms with van der Waals surface area (Å²) in [6.45, 7) is 2.67. The van der Waals surface area contributed by atoms with Crippen molar-refractivity contribution < 1.29 is 13.2 Å². The highest BCUT2D eigenvalue weighted by molar-refractivity contribution is 7.92. The number of rotatable bonds is 4. The summed E-state index contributed by atoms with van der Waals surface area (Å²) in [6.07, 6.45) is 0. The van der Waals surface area contributed by atoms with Crippen molar-refractivity contribution in [3.05, 3.63) is 52.5 Å². The first-order valence-corrected chi connectivity index (χ1v) is 9.61. The third-order valence-corrected chi connectivity index (χ3v) is 5.80. The van der Waals surface area contributed by atoms with Crippen LogP contribution in [0.1, 0.15) is 0 Å². The van der Waals surface area contributed by atoms with Crippen LogP contribution in [0.25, 0.3) is 0 Å². The number of morpholine rings is 1. The average molecular weight is 387 g/mol. The van der Waals surface area contributed by atoms with Gasteiger partial charge in [0.2, 0.25) is 0 Å². The summed E-state index contributed by atoms with van der Waals surface area (Å²) in [5.74, 6) is 0. The molecule has 0 radical (unpaired) electrons. The molecular weight excluding hydrogens is 371 g/mol. The van der Waals surface area contributed by atoms with E-state index in [-0.39, 0.29) is 9.92 Å². The molecule has 8 heteroatoms. The Morgan fingerprint density at radius 1 is 1.00 bits per heavy atom. The van der Waals surface area contributed by atoms with Gasteiger partial charge in [0.1, 0.15) is 0 Å². The summed E-state index contributed by atoms with van der Waals surface area (Å²) >= 11 is 11.8. The number of sulfonamides is 1. The topological polar surface area (TPSA) is 58.6 Å². The first kappa shape index (κ1) is 17.4. The van der Waals surface area contributed by atoms with Crippen LogP contribution in [0.2, 0.25) is 10.0 Å². The Hall–Kier alpha value is -1.47. The predicted octanol–water partition coefficient (Wildman–Crippen LogP) is 3.63. The summed E-state index contributed by atoms with van der Waals surface area (Å²) in [6, 6.07) is 11.5. The smallest absolute Gasteiger partial charge is 0.262 e. The van der Waals surface area contributed by atoms with E-state index in [0.717, 1.165) is 5.69 Å². The second-order valence-electron chi connectivity index (χ2n) is 5.30. The van der Waals surface area contributed by atoms with E-state index in [9.17, 15) is 8.42 Å². The van der Waals surface area contributed by atoms with Gasteiger partial charge in [0.15, 0.2) is 0 Å². The van der Waals surface area contributed by atoms with Crippen molar-refractivity contribution in [1.29, 1.82) is 0 Å². The molecule has 1 fully saturated rings. The van der Waals surface area contributed by atoms with Gasteiger partial charge in [-0.2, -0.15) is 0 Å². The lowest BCUT2D eigenvalue weighted by Crippen LogP contribution is -2.36. The normalized spacial score (nSPS) is 15.3. The lowest BCUT2D eigenvalue weighted by Gasteiger charge is -2.30. The van der Waals surface area contributed by atoms with Gasteiger partial charge in [-0.1, -0.05) is 35.3 Å². The SMILES string of the molecule is O=S(=O)(Nc1ccccc1N1CCOCC1)c1ccc(Cl)c(Cl)c1. The lowest BCUT2D eigenvalue weighted by atomic mass is 10.2. The molecule has 0 spiro atoms. The molecule has 1 aliphatic rings. The monoisotopic (exact) mass is 386 g/mol. The molecule has 0 saturated carbocycles. The molecule has 1 N–H and O–H groups in total. The van der Waals surface area contributed by atoms with Gasteiger partial charge in [0.05, 0.1) is 39.5 Å². The molecule has 0 unspecified atom stereocenters. The van der Waals surface area contributed by atoms with Crippen LogP contribution in [-0.2, 0) is 14.8 Å². The molecule has 0 atom stereocenters. The first-order chi connectivity index (χ1) is 11.5. The maximum atomic E-state index is 12.6. The zero-order valence-corrected chi connectivity index (χ0v) is 15.0. The zero-order valence-electron chi connectivity index (χ0n) is 12.7. The standard InChI is InChI=1S/C16H16Cl2N2O3S/c17-13-6-5-12(11-14(13)18)24(21,22)19-15-3-1-2-4-16(15)20-7-9-23-10-8-20/h1-6,11,19H,7-10H2. The highest BCUT2D eigenvalue weighted by atomic mass is 35.5. The Morgan fingerprint density at radius 2 is 1.71 bits per heavy atom. The molecule has 2 aromatic rings. The van der Waals surface area contributed by atoms with Crippen LogP contribution >= 0.6 is 23.2 Å². The minimum atomic E-state index is -3.76. The molecule has 2 aromatic carbocycles. The van der Waals surface area contributed by atoms with Gasteiger partial charge in [0, 0.05) is 13.1 Å². The third kappa shape index (κ3) is 3.78. The highest BCUT2D eigenvalue weighted by Crippen LogP contribution is 2.30. The highest BCUT2D eigenvalue weighted by Gasteiger charge is 2.20. The van der Waals surface area contributed by atoms with Gasteiger partial charge in [-0.3, -0.25) is 4.72 Å². The van der Waals surface area contributed by atoms with Crippen molar-refractivity contribution in [3.63, 3.8) is 0 Å². The average Bonchev–Trinajstić information content (AvgIpc) is 2.58. The Bertz CT molecular complexity index is 837. The van der Waals surface area contributed by atoms with Crippen molar-refractivity contribution in [2.45, 2.75) is 4.90 Å². The van der Waals surface area contributed by atoms with Crippen LogP contribution in [0.5, 0.6) is 0 Å². The van der Waals surface area contributed by atoms with Crippen molar-refractivity contribution in [2.24, 2.45) is 0 Å². The van der Waals surface area contributed by atoms with E-state index in [2.05, 4.69) is 9.62 Å². The van der Waals surface area contributed by atoms with Gasteiger partial charge in [-0.25, -0.2) is 8.42 Å². The Balaban J connectivity index is 1.91. The lowest BCUT2D eigenvalue weighted by molar-refractivity contribution is 0.123. The van der Waals surface area contributed by atoms with Gasteiger partial charge in [-0.05, 0) is 30.3 Å². The molecule has 0 bridgehead atoms. The largest absolute Gasteiger partial charge is 0.378 e. The fraction of sp³-hybridized carbons (Fsp3) is 0.250. The van der Waals surface area contributed by atoms with Crippen molar-refractivity contribution in [2.75, 3.05) is 35.9 Å². The number of nitrogens with one attached hydrogen (secondary N) is 1. The van der Waals surface area contributed by atoms with Crippen LogP contribution in [-0.4, -0.2) is 34.7 Å². The minimum absolute atomic E-state index is 0.0636.